The standard InChI is InChI=1S/C15H26N2O6/c1-9(2)12(16-14(19)22-15(3,4)5)10-7-11(23-17-10)13(18)21-8-20-6/h9,11-12H,7-8H2,1-6H3,(H,16,19)/t11?,12-/m0/s1. The van der Waals surface area contributed by atoms with E-state index in [0.29, 0.717) is 5.71 Å². The Bertz CT molecular complexity index is 455. The maximum atomic E-state index is 11.9. The van der Waals surface area contributed by atoms with E-state index in [4.69, 9.17) is 14.3 Å². The summed E-state index contributed by atoms with van der Waals surface area (Å²) in [5, 5.41) is 6.69. The maximum absolute atomic E-state index is 11.9. The number of amides is 1. The van der Waals surface area contributed by atoms with Gasteiger partial charge in [0.05, 0.1) is 11.8 Å². The minimum absolute atomic E-state index is 0.0543. The van der Waals surface area contributed by atoms with E-state index in [0.717, 1.165) is 0 Å². The van der Waals surface area contributed by atoms with E-state index in [1.807, 2.05) is 13.8 Å². The zero-order valence-corrected chi connectivity index (χ0v) is 14.5. The fourth-order valence-electron chi connectivity index (χ4n) is 1.99. The van der Waals surface area contributed by atoms with Gasteiger partial charge in [-0.3, -0.25) is 0 Å². The molecule has 1 heterocycles. The lowest BCUT2D eigenvalue weighted by Gasteiger charge is -2.25. The molecule has 1 rings (SSSR count). The van der Waals surface area contributed by atoms with E-state index in [2.05, 4.69) is 15.2 Å². The van der Waals surface area contributed by atoms with Crippen molar-refractivity contribution in [2.45, 2.75) is 58.8 Å². The predicted octanol–water partition coefficient (Wildman–Crippen LogP) is 1.83. The van der Waals surface area contributed by atoms with Crippen LogP contribution < -0.4 is 5.32 Å². The lowest BCUT2D eigenvalue weighted by atomic mass is 9.96. The molecule has 1 aliphatic heterocycles. The molecule has 1 N–H and O–H groups in total. The number of nitrogens with one attached hydrogen (secondary N) is 1. The van der Waals surface area contributed by atoms with Crippen molar-refractivity contribution >= 4 is 17.8 Å². The van der Waals surface area contributed by atoms with Crippen LogP contribution in [0.25, 0.3) is 0 Å². The molecule has 0 aromatic heterocycles. The second-order valence-corrected chi connectivity index (χ2v) is 6.62. The van der Waals surface area contributed by atoms with Crippen LogP contribution in [0.5, 0.6) is 0 Å². The zero-order valence-electron chi connectivity index (χ0n) is 14.5. The van der Waals surface area contributed by atoms with E-state index >= 15 is 0 Å². The average Bonchev–Trinajstić information content (AvgIpc) is 2.89. The van der Waals surface area contributed by atoms with Crippen molar-refractivity contribution in [3.8, 4) is 0 Å². The van der Waals surface area contributed by atoms with Crippen LogP contribution in [0.4, 0.5) is 4.79 Å². The average molecular weight is 330 g/mol. The van der Waals surface area contributed by atoms with Gasteiger partial charge in [-0.1, -0.05) is 19.0 Å². The Morgan fingerprint density at radius 1 is 1.39 bits per heavy atom. The Hall–Kier alpha value is -1.83. The number of alkyl carbamates (subject to hydrolysis) is 1. The van der Waals surface area contributed by atoms with Crippen molar-refractivity contribution in [3.05, 3.63) is 0 Å². The van der Waals surface area contributed by atoms with Crippen molar-refractivity contribution in [3.63, 3.8) is 0 Å². The van der Waals surface area contributed by atoms with Crippen LogP contribution in [0.15, 0.2) is 5.16 Å². The molecule has 0 aromatic rings. The maximum Gasteiger partial charge on any atom is 0.408 e. The van der Waals surface area contributed by atoms with E-state index < -0.39 is 23.8 Å². The van der Waals surface area contributed by atoms with Gasteiger partial charge in [0, 0.05) is 13.5 Å². The quantitative estimate of drug-likeness (QED) is 0.589. The molecule has 0 aromatic carbocycles. The summed E-state index contributed by atoms with van der Waals surface area (Å²) in [5.74, 6) is -0.496. The third-order valence-electron chi connectivity index (χ3n) is 2.97. The lowest BCUT2D eigenvalue weighted by molar-refractivity contribution is -0.165. The summed E-state index contributed by atoms with van der Waals surface area (Å²) in [4.78, 5) is 28.8. The molecule has 0 spiro atoms. The van der Waals surface area contributed by atoms with Crippen molar-refractivity contribution in [1.29, 1.82) is 0 Å². The van der Waals surface area contributed by atoms with Gasteiger partial charge in [-0.05, 0) is 26.7 Å². The second kappa shape index (κ2) is 8.14. The predicted molar refractivity (Wildman–Crippen MR) is 82.9 cm³/mol. The third-order valence-corrected chi connectivity index (χ3v) is 2.97. The SMILES string of the molecule is COCOC(=O)C1CC([C@@H](NC(=O)OC(C)(C)C)C(C)C)=NO1. The number of carbonyl (C=O) groups excluding carboxylic acids is 2. The van der Waals surface area contributed by atoms with Gasteiger partial charge < -0.3 is 24.4 Å². The summed E-state index contributed by atoms with van der Waals surface area (Å²) in [7, 11) is 1.42. The highest BCUT2D eigenvalue weighted by Gasteiger charge is 2.35. The Morgan fingerprint density at radius 3 is 2.57 bits per heavy atom. The number of ether oxygens (including phenoxy) is 3. The van der Waals surface area contributed by atoms with E-state index in [9.17, 15) is 9.59 Å². The molecule has 2 atom stereocenters. The number of nitrogens with zero attached hydrogens (tertiary/aromatic N) is 1. The zero-order chi connectivity index (χ0) is 17.6. The Balaban J connectivity index is 2.62. The van der Waals surface area contributed by atoms with Crippen LogP contribution in [0.3, 0.4) is 0 Å². The van der Waals surface area contributed by atoms with Crippen molar-refractivity contribution in [2.75, 3.05) is 13.9 Å². The minimum Gasteiger partial charge on any atom is -0.444 e. The van der Waals surface area contributed by atoms with Crippen LogP contribution >= 0.6 is 0 Å². The molecule has 23 heavy (non-hydrogen) atoms. The van der Waals surface area contributed by atoms with Crippen molar-refractivity contribution in [1.82, 2.24) is 5.32 Å². The number of oxime groups is 1. The lowest BCUT2D eigenvalue weighted by Crippen LogP contribution is -2.46. The molecule has 8 heteroatoms. The molecular formula is C15H26N2O6. The molecule has 0 bridgehead atoms. The van der Waals surface area contributed by atoms with Gasteiger partial charge in [0.2, 0.25) is 6.10 Å². The molecule has 0 aliphatic carbocycles. The molecule has 0 fully saturated rings. The van der Waals surface area contributed by atoms with Crippen LogP contribution in [0.1, 0.15) is 41.0 Å². The summed E-state index contributed by atoms with van der Waals surface area (Å²) < 4.78 is 14.8. The highest BCUT2D eigenvalue weighted by molar-refractivity contribution is 5.96. The highest BCUT2D eigenvalue weighted by atomic mass is 16.7. The van der Waals surface area contributed by atoms with Crippen LogP contribution in [0.2, 0.25) is 0 Å². The minimum atomic E-state index is -0.818. The van der Waals surface area contributed by atoms with Gasteiger partial charge in [-0.2, -0.15) is 0 Å². The highest BCUT2D eigenvalue weighted by Crippen LogP contribution is 2.19. The first-order valence-electron chi connectivity index (χ1n) is 7.51. The van der Waals surface area contributed by atoms with Gasteiger partial charge in [0.25, 0.3) is 0 Å². The van der Waals surface area contributed by atoms with E-state index in [-0.39, 0.29) is 25.2 Å². The Labute approximate surface area is 136 Å². The number of methoxy groups -OCH3 is 1. The Kier molecular flexibility index (Phi) is 6.80. The summed E-state index contributed by atoms with van der Waals surface area (Å²) in [6, 6.07) is -0.384. The van der Waals surface area contributed by atoms with Crippen LogP contribution in [-0.2, 0) is 23.8 Å². The first-order chi connectivity index (χ1) is 10.6. The smallest absolute Gasteiger partial charge is 0.408 e. The summed E-state index contributed by atoms with van der Waals surface area (Å²) >= 11 is 0. The number of hydrogen-bond acceptors (Lipinski definition) is 7. The number of esters is 1. The van der Waals surface area contributed by atoms with Crippen LogP contribution in [-0.4, -0.2) is 49.4 Å². The fourth-order valence-corrected chi connectivity index (χ4v) is 1.99. The number of hydrogen-bond donors (Lipinski definition) is 1. The molecule has 0 saturated heterocycles. The molecule has 1 unspecified atom stereocenters. The molecule has 8 nitrogen and oxygen atoms in total. The Morgan fingerprint density at radius 2 is 2.04 bits per heavy atom. The molecule has 1 aliphatic rings. The van der Waals surface area contributed by atoms with Gasteiger partial charge >= 0.3 is 12.1 Å². The number of carbonyl (C=O) groups is 2. The van der Waals surface area contributed by atoms with E-state index in [1.165, 1.54) is 7.11 Å². The first-order valence-corrected chi connectivity index (χ1v) is 7.51. The third kappa shape index (κ3) is 6.43. The molecule has 0 radical (unpaired) electrons. The van der Waals surface area contributed by atoms with Gasteiger partial charge in [-0.25, -0.2) is 9.59 Å². The van der Waals surface area contributed by atoms with Gasteiger partial charge in [0.15, 0.2) is 6.79 Å². The van der Waals surface area contributed by atoms with Gasteiger partial charge in [0.1, 0.15) is 5.60 Å². The van der Waals surface area contributed by atoms with E-state index in [1.54, 1.807) is 20.8 Å². The molecule has 1 amide bonds. The normalized spacial score (nSPS) is 18.9. The monoisotopic (exact) mass is 330 g/mol. The second-order valence-electron chi connectivity index (χ2n) is 6.62. The summed E-state index contributed by atoms with van der Waals surface area (Å²) in [5.41, 5.74) is -0.0169. The first kappa shape index (κ1) is 19.2. The van der Waals surface area contributed by atoms with Crippen LogP contribution in [0, 0.1) is 5.92 Å². The largest absolute Gasteiger partial charge is 0.444 e. The number of rotatable bonds is 6. The topological polar surface area (TPSA) is 95.5 Å². The summed E-state index contributed by atoms with van der Waals surface area (Å²) in [6.45, 7) is 9.08. The van der Waals surface area contributed by atoms with Gasteiger partial charge in [-0.15, -0.1) is 0 Å². The van der Waals surface area contributed by atoms with Crippen molar-refractivity contribution < 1.29 is 28.6 Å². The van der Waals surface area contributed by atoms with Crippen molar-refractivity contribution in [2.24, 2.45) is 11.1 Å². The molecule has 132 valence electrons. The molecule has 0 saturated carbocycles. The fraction of sp³-hybridized carbons (Fsp3) is 0.800. The summed E-state index contributed by atoms with van der Waals surface area (Å²) in [6.07, 6.45) is -1.10. The molecular weight excluding hydrogens is 304 g/mol.